The molecule has 2 aromatic heterocycles. The van der Waals surface area contributed by atoms with Gasteiger partial charge in [-0.3, -0.25) is 4.79 Å². The number of hydrogen-bond donors (Lipinski definition) is 1. The minimum Gasteiger partial charge on any atom is -0.461 e. The van der Waals surface area contributed by atoms with E-state index in [1.165, 1.54) is 11.8 Å². The van der Waals surface area contributed by atoms with Crippen LogP contribution in [0, 0.1) is 0 Å². The lowest BCUT2D eigenvalue weighted by Gasteiger charge is -2.13. The van der Waals surface area contributed by atoms with Crippen LogP contribution in [0.25, 0.3) is 11.6 Å². The second kappa shape index (κ2) is 7.51. The largest absolute Gasteiger partial charge is 0.461 e. The zero-order valence-electron chi connectivity index (χ0n) is 13.4. The average Bonchev–Trinajstić information content (AvgIpc) is 3.21. The first-order chi connectivity index (χ1) is 12.0. The highest BCUT2D eigenvalue weighted by Gasteiger charge is 2.21. The monoisotopic (exact) mass is 396 g/mol. The van der Waals surface area contributed by atoms with Crippen LogP contribution in [0.15, 0.2) is 46.2 Å². The van der Waals surface area contributed by atoms with Gasteiger partial charge in [-0.15, -0.1) is 10.2 Å². The van der Waals surface area contributed by atoms with Gasteiger partial charge < -0.3 is 14.3 Å². The number of para-hydroxylation sites is 1. The second-order valence-electron chi connectivity index (χ2n) is 5.19. The van der Waals surface area contributed by atoms with Crippen molar-refractivity contribution in [3.05, 3.63) is 46.6 Å². The van der Waals surface area contributed by atoms with Crippen molar-refractivity contribution in [2.24, 2.45) is 7.05 Å². The number of carbonyl (C=O) groups excluding carboxylic acids is 1. The van der Waals surface area contributed by atoms with Gasteiger partial charge in [0.2, 0.25) is 5.91 Å². The molecular formula is C16H14Cl2N4O2S. The number of carbonyl (C=O) groups is 1. The minimum absolute atomic E-state index is 0.234. The number of thioether (sulfide) groups is 1. The van der Waals surface area contributed by atoms with E-state index in [0.29, 0.717) is 32.5 Å². The molecule has 0 aliphatic rings. The Morgan fingerprint density at radius 1 is 1.24 bits per heavy atom. The molecule has 6 nitrogen and oxygen atoms in total. The number of nitrogens with one attached hydrogen (secondary N) is 1. The Morgan fingerprint density at radius 2 is 1.96 bits per heavy atom. The molecule has 0 saturated carbocycles. The number of rotatable bonds is 5. The molecular weight excluding hydrogens is 383 g/mol. The zero-order valence-corrected chi connectivity index (χ0v) is 15.7. The van der Waals surface area contributed by atoms with Crippen molar-refractivity contribution in [1.82, 2.24) is 14.8 Å². The summed E-state index contributed by atoms with van der Waals surface area (Å²) in [6.45, 7) is 1.77. The first-order valence-electron chi connectivity index (χ1n) is 7.32. The van der Waals surface area contributed by atoms with Gasteiger partial charge in [-0.25, -0.2) is 0 Å². The summed E-state index contributed by atoms with van der Waals surface area (Å²) in [5.74, 6) is 0.971. The number of nitrogens with zero attached hydrogens (tertiary/aromatic N) is 3. The molecule has 9 heteroatoms. The number of furan rings is 1. The van der Waals surface area contributed by atoms with Gasteiger partial charge in [0.15, 0.2) is 16.7 Å². The number of benzene rings is 1. The van der Waals surface area contributed by atoms with E-state index in [1.54, 1.807) is 48.1 Å². The fourth-order valence-electron chi connectivity index (χ4n) is 2.09. The molecule has 2 heterocycles. The standard InChI is InChI=1S/C16H14Cl2N4O2S/c1-9(15(23)19-13-10(17)5-3-6-11(13)18)25-16-21-20-14(22(16)2)12-7-4-8-24-12/h3-9H,1-2H3,(H,19,23). The van der Waals surface area contributed by atoms with E-state index in [-0.39, 0.29) is 5.91 Å². The Balaban J connectivity index is 1.72. The van der Waals surface area contributed by atoms with Gasteiger partial charge in [-0.05, 0) is 31.2 Å². The highest BCUT2D eigenvalue weighted by molar-refractivity contribution is 8.00. The Labute approximate surface area is 158 Å². The van der Waals surface area contributed by atoms with Crippen LogP contribution in [0.3, 0.4) is 0 Å². The quantitative estimate of drug-likeness (QED) is 0.642. The molecule has 25 heavy (non-hydrogen) atoms. The molecule has 3 aromatic rings. The second-order valence-corrected chi connectivity index (χ2v) is 7.31. The third kappa shape index (κ3) is 3.84. The number of amides is 1. The Morgan fingerprint density at radius 3 is 2.60 bits per heavy atom. The Bertz CT molecular complexity index is 875. The summed E-state index contributed by atoms with van der Waals surface area (Å²) in [7, 11) is 1.82. The predicted molar refractivity (Wildman–Crippen MR) is 99.1 cm³/mol. The lowest BCUT2D eigenvalue weighted by atomic mass is 10.3. The summed E-state index contributed by atoms with van der Waals surface area (Å²) in [6.07, 6.45) is 1.57. The lowest BCUT2D eigenvalue weighted by molar-refractivity contribution is -0.115. The van der Waals surface area contributed by atoms with Gasteiger partial charge in [-0.2, -0.15) is 0 Å². The molecule has 0 aliphatic carbocycles. The van der Waals surface area contributed by atoms with E-state index in [4.69, 9.17) is 27.6 Å². The van der Waals surface area contributed by atoms with Gasteiger partial charge in [0.25, 0.3) is 0 Å². The Kier molecular flexibility index (Phi) is 5.36. The lowest BCUT2D eigenvalue weighted by Crippen LogP contribution is -2.23. The molecule has 0 saturated heterocycles. The maximum absolute atomic E-state index is 12.4. The highest BCUT2D eigenvalue weighted by Crippen LogP contribution is 2.31. The van der Waals surface area contributed by atoms with E-state index >= 15 is 0 Å². The minimum atomic E-state index is -0.431. The van der Waals surface area contributed by atoms with E-state index in [0.717, 1.165) is 0 Å². The van der Waals surface area contributed by atoms with Crippen LogP contribution in [-0.2, 0) is 11.8 Å². The van der Waals surface area contributed by atoms with Gasteiger partial charge in [-0.1, -0.05) is 41.0 Å². The van der Waals surface area contributed by atoms with Crippen molar-refractivity contribution in [3.63, 3.8) is 0 Å². The topological polar surface area (TPSA) is 73.0 Å². The van der Waals surface area contributed by atoms with Crippen molar-refractivity contribution in [1.29, 1.82) is 0 Å². The molecule has 0 radical (unpaired) electrons. The molecule has 3 rings (SSSR count). The summed E-state index contributed by atoms with van der Waals surface area (Å²) >= 11 is 13.4. The molecule has 1 atom stereocenters. The molecule has 0 spiro atoms. The normalized spacial score (nSPS) is 12.2. The smallest absolute Gasteiger partial charge is 0.237 e. The Hall–Kier alpha value is -1.96. The third-order valence-corrected chi connectivity index (χ3v) is 5.20. The first-order valence-corrected chi connectivity index (χ1v) is 8.95. The highest BCUT2D eigenvalue weighted by atomic mass is 35.5. The van der Waals surface area contributed by atoms with Crippen molar-refractivity contribution in [3.8, 4) is 11.6 Å². The molecule has 1 unspecified atom stereocenters. The van der Waals surface area contributed by atoms with Gasteiger partial charge in [0.1, 0.15) is 0 Å². The third-order valence-electron chi connectivity index (χ3n) is 3.44. The molecule has 1 amide bonds. The summed E-state index contributed by atoms with van der Waals surface area (Å²) in [5, 5.41) is 11.9. The SMILES string of the molecule is CC(Sc1nnc(-c2ccco2)n1C)C(=O)Nc1c(Cl)cccc1Cl. The van der Waals surface area contributed by atoms with Crippen molar-refractivity contribution in [2.45, 2.75) is 17.3 Å². The van der Waals surface area contributed by atoms with E-state index in [2.05, 4.69) is 15.5 Å². The van der Waals surface area contributed by atoms with E-state index in [9.17, 15) is 4.79 Å². The molecule has 0 aliphatic heterocycles. The van der Waals surface area contributed by atoms with Crippen molar-refractivity contribution in [2.75, 3.05) is 5.32 Å². The van der Waals surface area contributed by atoms with Crippen LogP contribution in [-0.4, -0.2) is 25.9 Å². The molecule has 130 valence electrons. The fraction of sp³-hybridized carbons (Fsp3) is 0.188. The van der Waals surface area contributed by atoms with Gasteiger partial charge in [0, 0.05) is 7.05 Å². The van der Waals surface area contributed by atoms with Crippen LogP contribution in [0.5, 0.6) is 0 Å². The van der Waals surface area contributed by atoms with Crippen LogP contribution < -0.4 is 5.32 Å². The predicted octanol–water partition coefficient (Wildman–Crippen LogP) is 4.50. The van der Waals surface area contributed by atoms with Crippen molar-refractivity contribution >= 4 is 46.6 Å². The zero-order chi connectivity index (χ0) is 18.0. The van der Waals surface area contributed by atoms with E-state index < -0.39 is 5.25 Å². The maximum Gasteiger partial charge on any atom is 0.237 e. The molecule has 1 aromatic carbocycles. The summed E-state index contributed by atoms with van der Waals surface area (Å²) in [5.41, 5.74) is 0.400. The summed E-state index contributed by atoms with van der Waals surface area (Å²) < 4.78 is 7.10. The first kappa shape index (κ1) is 17.8. The number of halogens is 2. The van der Waals surface area contributed by atoms with Gasteiger partial charge in [0.05, 0.1) is 27.2 Å². The molecule has 1 N–H and O–H groups in total. The summed E-state index contributed by atoms with van der Waals surface area (Å²) in [6, 6.07) is 8.63. The van der Waals surface area contributed by atoms with Crippen LogP contribution in [0.1, 0.15) is 6.92 Å². The fourth-order valence-corrected chi connectivity index (χ4v) is 3.40. The van der Waals surface area contributed by atoms with Crippen LogP contribution in [0.2, 0.25) is 10.0 Å². The number of anilines is 1. The summed E-state index contributed by atoms with van der Waals surface area (Å²) in [4.78, 5) is 12.4. The molecule has 0 bridgehead atoms. The molecule has 0 fully saturated rings. The number of hydrogen-bond acceptors (Lipinski definition) is 5. The van der Waals surface area contributed by atoms with Crippen LogP contribution in [0.4, 0.5) is 5.69 Å². The number of aromatic nitrogens is 3. The van der Waals surface area contributed by atoms with E-state index in [1.807, 2.05) is 7.05 Å². The maximum atomic E-state index is 12.4. The van der Waals surface area contributed by atoms with Crippen molar-refractivity contribution < 1.29 is 9.21 Å². The van der Waals surface area contributed by atoms with Gasteiger partial charge >= 0.3 is 0 Å². The average molecular weight is 397 g/mol. The van der Waals surface area contributed by atoms with Crippen LogP contribution >= 0.6 is 35.0 Å².